The number of benzene rings is 3. The Morgan fingerprint density at radius 3 is 2.17 bits per heavy atom. The number of likely N-dealkylation sites (N-methyl/N-ethyl adjacent to an activating group) is 1. The Morgan fingerprint density at radius 1 is 0.948 bits per heavy atom. The van der Waals surface area contributed by atoms with Crippen molar-refractivity contribution in [2.75, 3.05) is 34.2 Å². The van der Waals surface area contributed by atoms with Crippen molar-refractivity contribution in [1.29, 1.82) is 5.26 Å². The molecule has 2 N–H and O–H groups in total. The SMILES string of the molecule is Cc1c(-c2ccnn2-c2ccc(C#N)cc2)n(C(=O)NC2CCC(C(=O)NCC[N+](C)(C)C)CC2)c(=O)n1-c1cccc(C(F)(F)F)c1.O=S(=O)([O-])c1ccccc1. The van der Waals surface area contributed by atoms with E-state index < -0.39 is 33.6 Å². The lowest BCUT2D eigenvalue weighted by Gasteiger charge is -2.29. The average Bonchev–Trinajstić information content (AvgIpc) is 3.76. The number of nitriles is 1. The lowest BCUT2D eigenvalue weighted by Crippen LogP contribution is -2.46. The molecule has 5 aromatic rings. The van der Waals surface area contributed by atoms with Crippen molar-refractivity contribution in [2.24, 2.45) is 5.92 Å². The second-order valence-electron chi connectivity index (χ2n) is 14.8. The van der Waals surface area contributed by atoms with Crippen molar-refractivity contribution in [3.63, 3.8) is 0 Å². The third kappa shape index (κ3) is 10.5. The van der Waals surface area contributed by atoms with Crippen LogP contribution in [0.2, 0.25) is 0 Å². The third-order valence-electron chi connectivity index (χ3n) is 9.58. The zero-order valence-electron chi connectivity index (χ0n) is 32.2. The van der Waals surface area contributed by atoms with Gasteiger partial charge in [-0.3, -0.25) is 9.36 Å². The van der Waals surface area contributed by atoms with Crippen LogP contribution in [0.1, 0.15) is 42.5 Å². The first-order valence-corrected chi connectivity index (χ1v) is 19.7. The summed E-state index contributed by atoms with van der Waals surface area (Å²) in [5.74, 6) is -0.202. The predicted molar refractivity (Wildman–Crippen MR) is 207 cm³/mol. The molecule has 2 aromatic heterocycles. The van der Waals surface area contributed by atoms with Crippen LogP contribution < -0.4 is 16.3 Å². The molecule has 1 aliphatic rings. The van der Waals surface area contributed by atoms with Crippen LogP contribution in [0.4, 0.5) is 18.0 Å². The highest BCUT2D eigenvalue weighted by Gasteiger charge is 2.33. The molecule has 6 rings (SSSR count). The Hall–Kier alpha value is -6.03. The van der Waals surface area contributed by atoms with Gasteiger partial charge in [-0.05, 0) is 93.3 Å². The molecule has 2 amide bonds. The number of nitrogens with zero attached hydrogens (tertiary/aromatic N) is 6. The van der Waals surface area contributed by atoms with E-state index in [0.29, 0.717) is 49.2 Å². The van der Waals surface area contributed by atoms with Crippen molar-refractivity contribution in [3.05, 3.63) is 118 Å². The number of quaternary nitrogens is 1. The number of carbonyl (C=O) groups excluding carboxylic acids is 2. The lowest BCUT2D eigenvalue weighted by atomic mass is 9.85. The molecule has 1 saturated carbocycles. The number of aromatic nitrogens is 4. The molecule has 0 aliphatic heterocycles. The molecular weight excluding hydrogens is 778 g/mol. The standard InChI is InChI=1S/C34H37F3N8O3.C6H6O3S/c1-22-30(29-16-17-40-44(29)27-14-8-23(21-38)9-15-27)43(33(48)42(22)28-7-5-6-25(20-28)34(35,36)37)32(47)41-26-12-10-24(11-13-26)31(46)39-18-19-45(2,3)4;7-10(8,9)6-4-2-1-3-5-6/h5-9,14-17,20,24,26H,10-13,18-19H2,1-4H3,(H-,39,41,46,47);1-5H,(H,7,8,9). The minimum atomic E-state index is -4.65. The summed E-state index contributed by atoms with van der Waals surface area (Å²) in [7, 11) is 1.89. The summed E-state index contributed by atoms with van der Waals surface area (Å²) in [5.41, 5.74) is -0.181. The van der Waals surface area contributed by atoms with E-state index in [-0.39, 0.29) is 39.8 Å². The summed E-state index contributed by atoms with van der Waals surface area (Å²) in [6.07, 6.45) is -1.03. The van der Waals surface area contributed by atoms with Gasteiger partial charge in [0.2, 0.25) is 5.91 Å². The zero-order chi connectivity index (χ0) is 42.4. The highest BCUT2D eigenvalue weighted by atomic mass is 32.2. The van der Waals surface area contributed by atoms with Gasteiger partial charge in [0.15, 0.2) is 0 Å². The molecule has 0 spiro atoms. The first-order chi connectivity index (χ1) is 27.3. The highest BCUT2D eigenvalue weighted by Crippen LogP contribution is 2.32. The van der Waals surface area contributed by atoms with Gasteiger partial charge in [0, 0.05) is 12.0 Å². The molecule has 0 atom stereocenters. The molecule has 0 saturated heterocycles. The van der Waals surface area contributed by atoms with E-state index in [1.165, 1.54) is 47.3 Å². The molecule has 58 heavy (non-hydrogen) atoms. The van der Waals surface area contributed by atoms with Crippen molar-refractivity contribution in [3.8, 4) is 28.8 Å². The van der Waals surface area contributed by atoms with E-state index in [1.807, 2.05) is 21.1 Å². The van der Waals surface area contributed by atoms with Crippen molar-refractivity contribution in [1.82, 2.24) is 29.5 Å². The summed E-state index contributed by atoms with van der Waals surface area (Å²) in [5, 5.41) is 19.5. The van der Waals surface area contributed by atoms with Crippen LogP contribution in [-0.4, -0.2) is 88.6 Å². The van der Waals surface area contributed by atoms with Crippen LogP contribution >= 0.6 is 0 Å². The van der Waals surface area contributed by atoms with Crippen molar-refractivity contribution >= 4 is 22.1 Å². The molecule has 1 fully saturated rings. The molecule has 3 aromatic carbocycles. The maximum Gasteiger partial charge on any atom is 0.416 e. The Bertz CT molecular complexity index is 2460. The highest BCUT2D eigenvalue weighted by molar-refractivity contribution is 7.85. The molecular formula is C40H43F3N8O6S. The van der Waals surface area contributed by atoms with E-state index in [0.717, 1.165) is 32.3 Å². The summed E-state index contributed by atoms with van der Waals surface area (Å²) >= 11 is 0. The molecule has 0 unspecified atom stereocenters. The number of hydrogen-bond acceptors (Lipinski definition) is 8. The molecule has 0 radical (unpaired) electrons. The number of alkyl halides is 3. The monoisotopic (exact) mass is 820 g/mol. The quantitative estimate of drug-likeness (QED) is 0.150. The Balaban J connectivity index is 0.000000559. The number of imidazole rings is 1. The van der Waals surface area contributed by atoms with Crippen LogP contribution in [0.15, 0.2) is 101 Å². The van der Waals surface area contributed by atoms with E-state index >= 15 is 0 Å². The average molecular weight is 821 g/mol. The summed E-state index contributed by atoms with van der Waals surface area (Å²) in [4.78, 5) is 40.6. The smallest absolute Gasteiger partial charge is 0.416 e. The van der Waals surface area contributed by atoms with E-state index in [1.54, 1.807) is 43.3 Å². The van der Waals surface area contributed by atoms with E-state index in [9.17, 15) is 45.8 Å². The van der Waals surface area contributed by atoms with Crippen LogP contribution in [0.5, 0.6) is 0 Å². The largest absolute Gasteiger partial charge is 0.744 e. The minimum Gasteiger partial charge on any atom is -0.744 e. The van der Waals surface area contributed by atoms with Crippen LogP contribution in [0.3, 0.4) is 0 Å². The van der Waals surface area contributed by atoms with Gasteiger partial charge in [0.1, 0.15) is 15.8 Å². The first kappa shape index (κ1) is 43.1. The van der Waals surface area contributed by atoms with Crippen LogP contribution in [0, 0.1) is 24.2 Å². The number of carbonyl (C=O) groups is 2. The maximum absolute atomic E-state index is 14.1. The number of amides is 2. The van der Waals surface area contributed by atoms with Gasteiger partial charge in [-0.25, -0.2) is 27.3 Å². The third-order valence-corrected chi connectivity index (χ3v) is 10.4. The van der Waals surface area contributed by atoms with Gasteiger partial charge < -0.3 is 19.7 Å². The molecule has 1 aliphatic carbocycles. The number of rotatable bonds is 9. The number of nitrogens with one attached hydrogen (secondary N) is 2. The summed E-state index contributed by atoms with van der Waals surface area (Å²) in [6.45, 7) is 2.91. The maximum atomic E-state index is 14.1. The Kier molecular flexibility index (Phi) is 13.1. The van der Waals surface area contributed by atoms with Gasteiger partial charge in [-0.1, -0.05) is 24.3 Å². The van der Waals surface area contributed by atoms with E-state index in [4.69, 9.17) is 0 Å². The molecule has 2 heterocycles. The molecule has 18 heteroatoms. The normalized spacial score (nSPS) is 15.8. The fourth-order valence-electron chi connectivity index (χ4n) is 6.57. The summed E-state index contributed by atoms with van der Waals surface area (Å²) in [6, 6.07) is 20.6. The molecule has 14 nitrogen and oxygen atoms in total. The number of halogens is 3. The Morgan fingerprint density at radius 2 is 1.60 bits per heavy atom. The Labute approximate surface area is 333 Å². The van der Waals surface area contributed by atoms with Gasteiger partial charge in [0.25, 0.3) is 0 Å². The second kappa shape index (κ2) is 17.6. The van der Waals surface area contributed by atoms with E-state index in [2.05, 4.69) is 21.8 Å². The van der Waals surface area contributed by atoms with Gasteiger partial charge in [0.05, 0.1) is 85.3 Å². The predicted octanol–water partition coefficient (Wildman–Crippen LogP) is 5.22. The fraction of sp³-hybridized carbons (Fsp3) is 0.325. The number of hydrogen-bond donors (Lipinski definition) is 2. The second-order valence-corrected chi connectivity index (χ2v) is 16.2. The van der Waals surface area contributed by atoms with Crippen molar-refractivity contribution in [2.45, 2.75) is 49.7 Å². The summed E-state index contributed by atoms with van der Waals surface area (Å²) < 4.78 is 76.0. The molecule has 0 bridgehead atoms. The minimum absolute atomic E-state index is 0.0171. The van der Waals surface area contributed by atoms with Crippen LogP contribution in [0.25, 0.3) is 22.8 Å². The van der Waals surface area contributed by atoms with Gasteiger partial charge in [-0.2, -0.15) is 23.5 Å². The zero-order valence-corrected chi connectivity index (χ0v) is 33.0. The van der Waals surface area contributed by atoms with Gasteiger partial charge >= 0.3 is 17.9 Å². The first-order valence-electron chi connectivity index (χ1n) is 18.3. The molecule has 306 valence electrons. The van der Waals surface area contributed by atoms with Crippen LogP contribution in [-0.2, 0) is 21.1 Å². The lowest BCUT2D eigenvalue weighted by molar-refractivity contribution is -0.869. The van der Waals surface area contributed by atoms with Gasteiger partial charge in [-0.15, -0.1) is 0 Å². The topological polar surface area (TPSA) is 184 Å². The van der Waals surface area contributed by atoms with Crippen molar-refractivity contribution < 1.29 is 40.2 Å². The fourth-order valence-corrected chi connectivity index (χ4v) is 7.06.